The van der Waals surface area contributed by atoms with Crippen LogP contribution in [-0.4, -0.2) is 36.6 Å². The van der Waals surface area contributed by atoms with Crippen molar-refractivity contribution in [3.05, 3.63) is 84.1 Å². The number of rotatable bonds is 9. The van der Waals surface area contributed by atoms with E-state index < -0.39 is 9.84 Å². The summed E-state index contributed by atoms with van der Waals surface area (Å²) in [6.45, 7) is 7.59. The van der Waals surface area contributed by atoms with Gasteiger partial charge in [0.1, 0.15) is 17.3 Å². The van der Waals surface area contributed by atoms with Crippen LogP contribution in [0.25, 0.3) is 11.0 Å². The average molecular weight is 617 g/mol. The number of benzene rings is 3. The topological polar surface area (TPSA) is 207 Å². The third-order valence-electron chi connectivity index (χ3n) is 6.55. The first-order valence-corrected chi connectivity index (χ1v) is 15.3. The van der Waals surface area contributed by atoms with Crippen LogP contribution in [0, 0.1) is 6.92 Å². The van der Waals surface area contributed by atoms with Crippen molar-refractivity contribution < 1.29 is 17.9 Å². The molecule has 0 fully saturated rings. The van der Waals surface area contributed by atoms with Crippen molar-refractivity contribution in [3.8, 4) is 11.5 Å². The second-order valence-electron chi connectivity index (χ2n) is 9.59. The van der Waals surface area contributed by atoms with Gasteiger partial charge in [-0.2, -0.15) is 9.97 Å². The number of pyridine rings is 1. The van der Waals surface area contributed by atoms with Crippen molar-refractivity contribution in [1.82, 2.24) is 15.0 Å². The molecule has 5 rings (SSSR count). The van der Waals surface area contributed by atoms with E-state index in [0.717, 1.165) is 33.7 Å². The van der Waals surface area contributed by atoms with Crippen LogP contribution in [0.3, 0.4) is 0 Å². The Balaban J connectivity index is 0.000000223. The number of anilines is 5. The zero-order valence-electron chi connectivity index (χ0n) is 24.7. The van der Waals surface area contributed by atoms with Crippen molar-refractivity contribution >= 4 is 49.7 Å². The van der Waals surface area contributed by atoms with Crippen LogP contribution < -0.4 is 37.7 Å². The highest BCUT2D eigenvalue weighted by Crippen LogP contribution is 2.31. The van der Waals surface area contributed by atoms with E-state index >= 15 is 0 Å². The number of ether oxygens (including phenoxy) is 2. The summed E-state index contributed by atoms with van der Waals surface area (Å²) in [5.41, 5.74) is 27.1. The molecule has 9 N–H and O–H groups in total. The molecule has 3 aromatic carbocycles. The molecule has 0 saturated heterocycles. The Kier molecular flexibility index (Phi) is 9.91. The van der Waals surface area contributed by atoms with Crippen LogP contribution in [-0.2, 0) is 16.4 Å². The highest BCUT2D eigenvalue weighted by molar-refractivity contribution is 7.91. The molecule has 230 valence electrons. The minimum Gasteiger partial charge on any atom is -0.494 e. The predicted molar refractivity (Wildman–Crippen MR) is 174 cm³/mol. The zero-order valence-corrected chi connectivity index (χ0v) is 25.6. The molecule has 12 nitrogen and oxygen atoms in total. The fourth-order valence-corrected chi connectivity index (χ4v) is 5.58. The standard InChI is InChI=1S/C19H24N6O2.C12H12N2O2S/c1-4-26-13-6-7-15(27-5-2)14(8-13)22-9-12-10-23-18-16(11(12)3)17(20)24-19(21)25-18;13-9-1-5-11(6-2-9)17(15,16)12-7-3-10(14)4-8-12/h6-8,10,22H,4-5,9H2,1-3H3,(H4,20,21,23,24,25);1-8H,13-14H2. The molecule has 2 heterocycles. The van der Waals surface area contributed by atoms with Crippen LogP contribution in [0.5, 0.6) is 11.5 Å². The largest absolute Gasteiger partial charge is 0.494 e. The minimum atomic E-state index is -3.48. The van der Waals surface area contributed by atoms with Gasteiger partial charge in [-0.1, -0.05) is 0 Å². The Morgan fingerprint density at radius 3 is 1.95 bits per heavy atom. The van der Waals surface area contributed by atoms with Gasteiger partial charge < -0.3 is 37.7 Å². The molecule has 0 aliphatic heterocycles. The first-order valence-electron chi connectivity index (χ1n) is 13.8. The maximum Gasteiger partial charge on any atom is 0.224 e. The third kappa shape index (κ3) is 7.36. The van der Waals surface area contributed by atoms with Gasteiger partial charge in [-0.25, -0.2) is 13.4 Å². The second-order valence-corrected chi connectivity index (χ2v) is 11.5. The average Bonchev–Trinajstić information content (AvgIpc) is 2.98. The Labute approximate surface area is 256 Å². The number of nitrogens with two attached hydrogens (primary N) is 4. The fourth-order valence-electron chi connectivity index (χ4n) is 4.32. The number of hydrogen-bond donors (Lipinski definition) is 5. The summed E-state index contributed by atoms with van der Waals surface area (Å²) in [7, 11) is -3.48. The van der Waals surface area contributed by atoms with Crippen molar-refractivity contribution in [2.45, 2.75) is 37.1 Å². The Morgan fingerprint density at radius 1 is 0.795 bits per heavy atom. The van der Waals surface area contributed by atoms with Gasteiger partial charge in [0.2, 0.25) is 15.8 Å². The summed E-state index contributed by atoms with van der Waals surface area (Å²) in [6, 6.07) is 17.9. The number of aromatic nitrogens is 3. The van der Waals surface area contributed by atoms with Gasteiger partial charge in [0.15, 0.2) is 5.65 Å². The van der Waals surface area contributed by atoms with E-state index in [0.29, 0.717) is 42.6 Å². The van der Waals surface area contributed by atoms with E-state index in [1.54, 1.807) is 30.5 Å². The Hall–Kier alpha value is -5.30. The van der Waals surface area contributed by atoms with Crippen LogP contribution >= 0.6 is 0 Å². The smallest absolute Gasteiger partial charge is 0.224 e. The van der Waals surface area contributed by atoms with Crippen LogP contribution in [0.2, 0.25) is 0 Å². The van der Waals surface area contributed by atoms with Crippen molar-refractivity contribution in [3.63, 3.8) is 0 Å². The van der Waals surface area contributed by atoms with Crippen LogP contribution in [0.1, 0.15) is 25.0 Å². The fraction of sp³-hybridized carbons (Fsp3) is 0.194. The van der Waals surface area contributed by atoms with Gasteiger partial charge in [-0.05, 0) is 92.6 Å². The lowest BCUT2D eigenvalue weighted by Gasteiger charge is -2.16. The molecule has 0 aliphatic carbocycles. The number of aryl methyl sites for hydroxylation is 1. The van der Waals surface area contributed by atoms with Gasteiger partial charge in [-0.3, -0.25) is 0 Å². The minimum absolute atomic E-state index is 0.117. The lowest BCUT2D eigenvalue weighted by molar-refractivity contribution is 0.332. The summed E-state index contributed by atoms with van der Waals surface area (Å²) in [4.78, 5) is 13.0. The van der Waals surface area contributed by atoms with E-state index in [1.165, 1.54) is 24.3 Å². The lowest BCUT2D eigenvalue weighted by Crippen LogP contribution is -2.08. The van der Waals surface area contributed by atoms with Gasteiger partial charge in [-0.15, -0.1) is 0 Å². The molecule has 2 aromatic heterocycles. The van der Waals surface area contributed by atoms with Gasteiger partial charge in [0.25, 0.3) is 0 Å². The molecule has 13 heteroatoms. The summed E-state index contributed by atoms with van der Waals surface area (Å²) >= 11 is 0. The van der Waals surface area contributed by atoms with E-state index in [-0.39, 0.29) is 15.7 Å². The number of sulfone groups is 1. The number of nitrogen functional groups attached to an aromatic ring is 4. The van der Waals surface area contributed by atoms with Crippen LogP contribution in [0.15, 0.2) is 82.7 Å². The first kappa shape index (κ1) is 31.6. The summed E-state index contributed by atoms with van der Waals surface area (Å²) in [6.07, 6.45) is 1.77. The Bertz CT molecular complexity index is 1800. The molecule has 0 unspecified atom stereocenters. The number of fused-ring (bicyclic) bond motifs is 1. The highest BCUT2D eigenvalue weighted by Gasteiger charge is 2.17. The molecule has 0 saturated carbocycles. The molecule has 0 amide bonds. The van der Waals surface area contributed by atoms with E-state index in [2.05, 4.69) is 20.3 Å². The van der Waals surface area contributed by atoms with Gasteiger partial charge >= 0.3 is 0 Å². The summed E-state index contributed by atoms with van der Waals surface area (Å²) in [5, 5.41) is 4.12. The normalized spacial score (nSPS) is 11.0. The highest BCUT2D eigenvalue weighted by atomic mass is 32.2. The van der Waals surface area contributed by atoms with Crippen molar-refractivity contribution in [2.24, 2.45) is 0 Å². The molecule has 44 heavy (non-hydrogen) atoms. The molecule has 0 bridgehead atoms. The Morgan fingerprint density at radius 2 is 1.39 bits per heavy atom. The van der Waals surface area contributed by atoms with Gasteiger partial charge in [0, 0.05) is 30.2 Å². The second kappa shape index (κ2) is 13.8. The summed E-state index contributed by atoms with van der Waals surface area (Å²) < 4.78 is 35.6. The molecule has 0 spiro atoms. The third-order valence-corrected chi connectivity index (χ3v) is 8.33. The first-order chi connectivity index (χ1) is 21.0. The maximum absolute atomic E-state index is 12.2. The molecule has 0 aliphatic rings. The quantitative estimate of drug-likeness (QED) is 0.144. The van der Waals surface area contributed by atoms with E-state index in [9.17, 15) is 8.42 Å². The molecular weight excluding hydrogens is 580 g/mol. The maximum atomic E-state index is 12.2. The van der Waals surface area contributed by atoms with Crippen molar-refractivity contribution in [1.29, 1.82) is 0 Å². The predicted octanol–water partition coefficient (Wildman–Crippen LogP) is 4.59. The lowest BCUT2D eigenvalue weighted by atomic mass is 10.1. The number of nitrogens with one attached hydrogen (secondary N) is 1. The molecular formula is C31H36N8O4S. The van der Waals surface area contributed by atoms with Gasteiger partial charge in [0.05, 0.1) is 34.1 Å². The molecule has 0 radical (unpaired) electrons. The van der Waals surface area contributed by atoms with Crippen molar-refractivity contribution in [2.75, 3.05) is 41.5 Å². The zero-order chi connectivity index (χ0) is 31.9. The summed E-state index contributed by atoms with van der Waals surface area (Å²) in [5.74, 6) is 2.00. The van der Waals surface area contributed by atoms with E-state index in [4.69, 9.17) is 32.4 Å². The monoisotopic (exact) mass is 616 g/mol. The van der Waals surface area contributed by atoms with Crippen LogP contribution in [0.4, 0.5) is 28.8 Å². The molecule has 5 aromatic rings. The SMILES string of the molecule is CCOc1ccc(OCC)c(NCc2cnc3nc(N)nc(N)c3c2C)c1.Nc1ccc(S(=O)(=O)c2ccc(N)cc2)cc1. The molecule has 0 atom stereocenters. The number of nitrogens with zero attached hydrogens (tertiary/aromatic N) is 3. The van der Waals surface area contributed by atoms with E-state index in [1.807, 2.05) is 39.0 Å². The number of hydrogen-bond acceptors (Lipinski definition) is 12.